The molecule has 118 valence electrons. The van der Waals surface area contributed by atoms with Gasteiger partial charge in [-0.05, 0) is 37.9 Å². The van der Waals surface area contributed by atoms with Gasteiger partial charge in [0.15, 0.2) is 0 Å². The summed E-state index contributed by atoms with van der Waals surface area (Å²) in [5.41, 5.74) is 1.42. The zero-order valence-electron chi connectivity index (χ0n) is 12.7. The van der Waals surface area contributed by atoms with Crippen LogP contribution in [-0.2, 0) is 10.2 Å². The topological polar surface area (TPSA) is 74.3 Å². The Morgan fingerprint density at radius 3 is 2.95 bits per heavy atom. The minimum atomic E-state index is -3.54. The SMILES string of the molecule is CCNCC1CCCCN1S(=O)(=O)Nc1cnccc1C. The van der Waals surface area contributed by atoms with E-state index >= 15 is 0 Å². The van der Waals surface area contributed by atoms with E-state index in [-0.39, 0.29) is 6.04 Å². The molecule has 1 saturated heterocycles. The number of piperidine rings is 1. The summed E-state index contributed by atoms with van der Waals surface area (Å²) in [6, 6.07) is 1.82. The molecule has 1 fully saturated rings. The van der Waals surface area contributed by atoms with Crippen molar-refractivity contribution in [2.75, 3.05) is 24.4 Å². The second-order valence-corrected chi connectivity index (χ2v) is 6.99. The molecular weight excluding hydrogens is 288 g/mol. The number of likely N-dealkylation sites (N-methyl/N-ethyl adjacent to an activating group) is 1. The molecule has 0 bridgehead atoms. The molecule has 0 saturated carbocycles. The Balaban J connectivity index is 2.14. The molecule has 6 nitrogen and oxygen atoms in total. The number of nitrogens with one attached hydrogen (secondary N) is 2. The molecule has 7 heteroatoms. The van der Waals surface area contributed by atoms with Crippen molar-refractivity contribution >= 4 is 15.9 Å². The first-order chi connectivity index (χ1) is 10.0. The average Bonchev–Trinajstić information content (AvgIpc) is 2.47. The number of nitrogens with zero attached hydrogens (tertiary/aromatic N) is 2. The Bertz CT molecular complexity index is 562. The van der Waals surface area contributed by atoms with E-state index in [9.17, 15) is 8.42 Å². The molecule has 0 aliphatic carbocycles. The van der Waals surface area contributed by atoms with Crippen LogP contribution >= 0.6 is 0 Å². The molecule has 0 spiro atoms. The van der Waals surface area contributed by atoms with Crippen LogP contribution in [0.15, 0.2) is 18.5 Å². The van der Waals surface area contributed by atoms with Gasteiger partial charge in [-0.3, -0.25) is 9.71 Å². The quantitative estimate of drug-likeness (QED) is 0.835. The largest absolute Gasteiger partial charge is 0.315 e. The van der Waals surface area contributed by atoms with Crippen LogP contribution in [0.4, 0.5) is 5.69 Å². The lowest BCUT2D eigenvalue weighted by molar-refractivity contribution is 0.248. The molecule has 2 heterocycles. The zero-order chi connectivity index (χ0) is 15.3. The highest BCUT2D eigenvalue weighted by Gasteiger charge is 2.32. The molecule has 21 heavy (non-hydrogen) atoms. The van der Waals surface area contributed by atoms with Crippen molar-refractivity contribution in [3.8, 4) is 0 Å². The molecule has 1 aliphatic rings. The fraction of sp³-hybridized carbons (Fsp3) is 0.643. The third-order valence-electron chi connectivity index (χ3n) is 3.79. The molecule has 1 atom stereocenters. The summed E-state index contributed by atoms with van der Waals surface area (Å²) in [7, 11) is -3.54. The molecule has 0 amide bonds. The number of hydrogen-bond acceptors (Lipinski definition) is 4. The van der Waals surface area contributed by atoms with E-state index in [0.29, 0.717) is 18.8 Å². The predicted molar refractivity (Wildman–Crippen MR) is 84.4 cm³/mol. The molecule has 0 radical (unpaired) electrons. The number of hydrogen-bond donors (Lipinski definition) is 2. The van der Waals surface area contributed by atoms with E-state index in [0.717, 1.165) is 31.4 Å². The van der Waals surface area contributed by atoms with Gasteiger partial charge in [-0.25, -0.2) is 0 Å². The van der Waals surface area contributed by atoms with Gasteiger partial charge in [0.1, 0.15) is 0 Å². The van der Waals surface area contributed by atoms with Gasteiger partial charge in [-0.15, -0.1) is 0 Å². The van der Waals surface area contributed by atoms with Crippen molar-refractivity contribution in [3.05, 3.63) is 24.0 Å². The van der Waals surface area contributed by atoms with Gasteiger partial charge in [0, 0.05) is 25.3 Å². The Morgan fingerprint density at radius 2 is 2.24 bits per heavy atom. The summed E-state index contributed by atoms with van der Waals surface area (Å²) in [4.78, 5) is 3.99. The highest BCUT2D eigenvalue weighted by Crippen LogP contribution is 2.22. The van der Waals surface area contributed by atoms with Crippen molar-refractivity contribution in [1.82, 2.24) is 14.6 Å². The normalized spacial score (nSPS) is 20.4. The minimum Gasteiger partial charge on any atom is -0.315 e. The maximum atomic E-state index is 12.6. The maximum absolute atomic E-state index is 12.6. The van der Waals surface area contributed by atoms with E-state index in [4.69, 9.17) is 0 Å². The lowest BCUT2D eigenvalue weighted by Crippen LogP contribution is -2.50. The first-order valence-electron chi connectivity index (χ1n) is 7.45. The van der Waals surface area contributed by atoms with Crippen LogP contribution in [0.1, 0.15) is 31.7 Å². The molecule has 1 unspecified atom stereocenters. The van der Waals surface area contributed by atoms with E-state index in [1.165, 1.54) is 0 Å². The van der Waals surface area contributed by atoms with Gasteiger partial charge < -0.3 is 5.32 Å². The van der Waals surface area contributed by atoms with Gasteiger partial charge in [0.25, 0.3) is 0 Å². The molecule has 2 rings (SSSR count). The van der Waals surface area contributed by atoms with Gasteiger partial charge in [-0.2, -0.15) is 12.7 Å². The van der Waals surface area contributed by atoms with Crippen LogP contribution in [0.3, 0.4) is 0 Å². The summed E-state index contributed by atoms with van der Waals surface area (Å²) in [5.74, 6) is 0. The molecule has 2 N–H and O–H groups in total. The summed E-state index contributed by atoms with van der Waals surface area (Å²) < 4.78 is 29.5. The Labute approximate surface area is 127 Å². The van der Waals surface area contributed by atoms with Crippen LogP contribution < -0.4 is 10.0 Å². The van der Waals surface area contributed by atoms with Crippen LogP contribution in [0.5, 0.6) is 0 Å². The number of pyridine rings is 1. The van der Waals surface area contributed by atoms with Crippen molar-refractivity contribution in [2.24, 2.45) is 0 Å². The maximum Gasteiger partial charge on any atom is 0.301 e. The Kier molecular flexibility index (Phi) is 5.55. The molecule has 1 aromatic heterocycles. The molecule has 0 aromatic carbocycles. The predicted octanol–water partition coefficient (Wildman–Crippen LogP) is 1.51. The third kappa shape index (κ3) is 4.15. The van der Waals surface area contributed by atoms with E-state index in [1.807, 2.05) is 13.8 Å². The van der Waals surface area contributed by atoms with Crippen molar-refractivity contribution in [1.29, 1.82) is 0 Å². The number of aromatic nitrogens is 1. The average molecular weight is 312 g/mol. The summed E-state index contributed by atoms with van der Waals surface area (Å²) in [5, 5.41) is 3.25. The molecule has 1 aliphatic heterocycles. The zero-order valence-corrected chi connectivity index (χ0v) is 13.5. The monoisotopic (exact) mass is 312 g/mol. The van der Waals surface area contributed by atoms with Gasteiger partial charge >= 0.3 is 10.2 Å². The summed E-state index contributed by atoms with van der Waals surface area (Å²) >= 11 is 0. The lowest BCUT2D eigenvalue weighted by Gasteiger charge is -2.34. The number of aryl methyl sites for hydroxylation is 1. The lowest BCUT2D eigenvalue weighted by atomic mass is 10.1. The van der Waals surface area contributed by atoms with Crippen molar-refractivity contribution in [3.63, 3.8) is 0 Å². The van der Waals surface area contributed by atoms with Crippen LogP contribution in [-0.4, -0.2) is 43.4 Å². The van der Waals surface area contributed by atoms with Crippen LogP contribution in [0, 0.1) is 6.92 Å². The first kappa shape index (κ1) is 16.2. The second kappa shape index (κ2) is 7.20. The fourth-order valence-corrected chi connectivity index (χ4v) is 4.12. The van der Waals surface area contributed by atoms with E-state index in [1.54, 1.807) is 22.8 Å². The summed E-state index contributed by atoms with van der Waals surface area (Å²) in [6.07, 6.45) is 6.10. The van der Waals surface area contributed by atoms with Gasteiger partial charge in [-0.1, -0.05) is 13.3 Å². The highest BCUT2D eigenvalue weighted by atomic mass is 32.2. The van der Waals surface area contributed by atoms with Crippen LogP contribution in [0.2, 0.25) is 0 Å². The van der Waals surface area contributed by atoms with Crippen molar-refractivity contribution < 1.29 is 8.42 Å². The fourth-order valence-electron chi connectivity index (χ4n) is 2.57. The number of rotatable bonds is 6. The first-order valence-corrected chi connectivity index (χ1v) is 8.89. The molecule has 1 aromatic rings. The molecular formula is C14H24N4O2S. The highest BCUT2D eigenvalue weighted by molar-refractivity contribution is 7.90. The van der Waals surface area contributed by atoms with Crippen LogP contribution in [0.25, 0.3) is 0 Å². The Hall–Kier alpha value is -1.18. The second-order valence-electron chi connectivity index (χ2n) is 5.37. The number of anilines is 1. The minimum absolute atomic E-state index is 0.0215. The van der Waals surface area contributed by atoms with E-state index in [2.05, 4.69) is 15.0 Å². The smallest absolute Gasteiger partial charge is 0.301 e. The standard InChI is InChI=1S/C14H24N4O2S/c1-3-15-10-13-6-4-5-9-18(13)21(19,20)17-14-11-16-8-7-12(14)2/h7-8,11,13,15,17H,3-6,9-10H2,1-2H3. The van der Waals surface area contributed by atoms with E-state index < -0.39 is 10.2 Å². The van der Waals surface area contributed by atoms with Gasteiger partial charge in [0.2, 0.25) is 0 Å². The third-order valence-corrected chi connectivity index (χ3v) is 5.37. The van der Waals surface area contributed by atoms with Crippen molar-refractivity contribution in [2.45, 2.75) is 39.2 Å². The van der Waals surface area contributed by atoms with Gasteiger partial charge in [0.05, 0.1) is 11.9 Å². The Morgan fingerprint density at radius 1 is 1.43 bits per heavy atom. The summed E-state index contributed by atoms with van der Waals surface area (Å²) in [6.45, 7) is 6.01.